The molecule has 1 spiro atoms. The van der Waals surface area contributed by atoms with Crippen molar-refractivity contribution in [3.8, 4) is 0 Å². The zero-order valence-corrected chi connectivity index (χ0v) is 16.1. The topological polar surface area (TPSA) is 40.6 Å². The second-order valence-electron chi connectivity index (χ2n) is 8.60. The van der Waals surface area contributed by atoms with Gasteiger partial charge in [0.05, 0.1) is 0 Å². The minimum atomic E-state index is -0.337. The van der Waals surface area contributed by atoms with Crippen LogP contribution < -0.4 is 0 Å². The third-order valence-corrected chi connectivity index (χ3v) is 5.70. The Balaban J connectivity index is 1.61. The molecule has 0 N–H and O–H groups in total. The van der Waals surface area contributed by atoms with Crippen molar-refractivity contribution < 1.29 is 9.59 Å². The van der Waals surface area contributed by atoms with Gasteiger partial charge in [0.1, 0.15) is 0 Å². The lowest BCUT2D eigenvalue weighted by molar-refractivity contribution is -0.141. The molecule has 1 aromatic rings. The van der Waals surface area contributed by atoms with Crippen LogP contribution in [0.1, 0.15) is 45.6 Å². The first-order valence-electron chi connectivity index (χ1n) is 9.00. The minimum absolute atomic E-state index is 0.0399. The molecule has 1 aromatic carbocycles. The summed E-state index contributed by atoms with van der Waals surface area (Å²) in [5.74, 6) is 0.440. The summed E-state index contributed by atoms with van der Waals surface area (Å²) in [6, 6.07) is 7.68. The van der Waals surface area contributed by atoms with Crippen LogP contribution in [-0.2, 0) is 16.1 Å². The van der Waals surface area contributed by atoms with Gasteiger partial charge in [-0.1, -0.05) is 44.5 Å². The van der Waals surface area contributed by atoms with Crippen molar-refractivity contribution in [3.05, 3.63) is 34.9 Å². The van der Waals surface area contributed by atoms with Gasteiger partial charge in [-0.15, -0.1) is 0 Å². The fourth-order valence-electron chi connectivity index (χ4n) is 3.93. The van der Waals surface area contributed by atoms with E-state index in [0.717, 1.165) is 38.0 Å². The maximum Gasteiger partial charge on any atom is 0.227 e. The van der Waals surface area contributed by atoms with Crippen LogP contribution >= 0.6 is 11.6 Å². The van der Waals surface area contributed by atoms with E-state index in [1.807, 2.05) is 54.8 Å². The Morgan fingerprint density at radius 2 is 1.76 bits per heavy atom. The normalized spacial score (nSPS) is 20.4. The Morgan fingerprint density at radius 1 is 1.16 bits per heavy atom. The Morgan fingerprint density at radius 3 is 2.32 bits per heavy atom. The van der Waals surface area contributed by atoms with Crippen molar-refractivity contribution in [2.24, 2.45) is 10.8 Å². The summed E-state index contributed by atoms with van der Waals surface area (Å²) >= 11 is 5.93. The lowest BCUT2D eigenvalue weighted by atomic mass is 9.77. The smallest absolute Gasteiger partial charge is 0.227 e. The van der Waals surface area contributed by atoms with Gasteiger partial charge >= 0.3 is 0 Å². The maximum atomic E-state index is 12.5. The van der Waals surface area contributed by atoms with Gasteiger partial charge < -0.3 is 9.80 Å². The number of hydrogen-bond donors (Lipinski definition) is 0. The van der Waals surface area contributed by atoms with Crippen molar-refractivity contribution in [1.29, 1.82) is 0 Å². The highest BCUT2D eigenvalue weighted by Crippen LogP contribution is 2.42. The van der Waals surface area contributed by atoms with E-state index in [-0.39, 0.29) is 22.6 Å². The Labute approximate surface area is 155 Å². The molecule has 0 aliphatic carbocycles. The standard InChI is InChI=1S/C20H27ClN2O2/c1-19(2,3)18(25)22-10-8-20(9-11-22)12-17(24)23(14-20)13-15-4-6-16(21)7-5-15/h4-7H,8-14H2,1-3H3. The van der Waals surface area contributed by atoms with Crippen molar-refractivity contribution in [3.63, 3.8) is 0 Å². The number of hydrogen-bond acceptors (Lipinski definition) is 2. The molecule has 3 rings (SSSR count). The molecule has 2 fully saturated rings. The molecule has 0 saturated carbocycles. The number of carbonyl (C=O) groups excluding carboxylic acids is 2. The van der Waals surface area contributed by atoms with E-state index >= 15 is 0 Å². The van der Waals surface area contributed by atoms with Gasteiger partial charge in [0.25, 0.3) is 0 Å². The number of amides is 2. The van der Waals surface area contributed by atoms with E-state index in [1.165, 1.54) is 0 Å². The third kappa shape index (κ3) is 4.00. The molecule has 25 heavy (non-hydrogen) atoms. The van der Waals surface area contributed by atoms with E-state index in [4.69, 9.17) is 11.6 Å². The molecule has 2 aliphatic heterocycles. The fourth-order valence-corrected chi connectivity index (χ4v) is 4.06. The number of nitrogens with zero attached hydrogens (tertiary/aromatic N) is 2. The summed E-state index contributed by atoms with van der Waals surface area (Å²) in [6.45, 7) is 8.86. The van der Waals surface area contributed by atoms with Crippen LogP contribution in [0.2, 0.25) is 5.02 Å². The third-order valence-electron chi connectivity index (χ3n) is 5.44. The molecule has 2 saturated heterocycles. The number of carbonyl (C=O) groups is 2. The molecule has 2 amide bonds. The van der Waals surface area contributed by atoms with E-state index < -0.39 is 0 Å². The zero-order chi connectivity index (χ0) is 18.2. The van der Waals surface area contributed by atoms with Gasteiger partial charge in [-0.05, 0) is 30.5 Å². The SMILES string of the molecule is CC(C)(C)C(=O)N1CCC2(CC1)CC(=O)N(Cc1ccc(Cl)cc1)C2. The van der Waals surface area contributed by atoms with Gasteiger partial charge in [0, 0.05) is 48.5 Å². The van der Waals surface area contributed by atoms with Gasteiger partial charge in [-0.25, -0.2) is 0 Å². The first kappa shape index (κ1) is 18.2. The molecule has 0 aromatic heterocycles. The fraction of sp³-hybridized carbons (Fsp3) is 0.600. The van der Waals surface area contributed by atoms with Crippen molar-refractivity contribution in [1.82, 2.24) is 9.80 Å². The maximum absolute atomic E-state index is 12.5. The summed E-state index contributed by atoms with van der Waals surface area (Å²) in [7, 11) is 0. The quantitative estimate of drug-likeness (QED) is 0.804. The molecule has 0 atom stereocenters. The average molecular weight is 363 g/mol. The Hall–Kier alpha value is -1.55. The van der Waals surface area contributed by atoms with E-state index in [2.05, 4.69) is 0 Å². The molecular weight excluding hydrogens is 336 g/mol. The summed E-state index contributed by atoms with van der Waals surface area (Å²) < 4.78 is 0. The molecule has 4 nitrogen and oxygen atoms in total. The number of halogens is 1. The summed E-state index contributed by atoms with van der Waals surface area (Å²) in [6.07, 6.45) is 2.44. The molecule has 0 radical (unpaired) electrons. The minimum Gasteiger partial charge on any atom is -0.342 e. The van der Waals surface area contributed by atoms with Crippen LogP contribution in [0.5, 0.6) is 0 Å². The predicted octanol–water partition coefficient (Wildman–Crippen LogP) is 3.73. The largest absolute Gasteiger partial charge is 0.342 e. The van der Waals surface area contributed by atoms with Crippen LogP contribution in [-0.4, -0.2) is 41.2 Å². The van der Waals surface area contributed by atoms with Gasteiger partial charge in [-0.2, -0.15) is 0 Å². The van der Waals surface area contributed by atoms with Gasteiger partial charge in [0.2, 0.25) is 11.8 Å². The second kappa shape index (κ2) is 6.64. The van der Waals surface area contributed by atoms with Crippen molar-refractivity contribution in [2.45, 2.75) is 46.6 Å². The number of benzene rings is 1. The first-order chi connectivity index (χ1) is 11.7. The molecular formula is C20H27ClN2O2. The predicted molar refractivity (Wildman–Crippen MR) is 99.2 cm³/mol. The Kier molecular flexibility index (Phi) is 4.84. The number of likely N-dealkylation sites (tertiary alicyclic amines) is 2. The molecule has 5 heteroatoms. The van der Waals surface area contributed by atoms with Crippen LogP contribution in [0.3, 0.4) is 0 Å². The van der Waals surface area contributed by atoms with Crippen LogP contribution in [0.15, 0.2) is 24.3 Å². The van der Waals surface area contributed by atoms with Crippen molar-refractivity contribution in [2.75, 3.05) is 19.6 Å². The number of piperidine rings is 1. The molecule has 0 bridgehead atoms. The van der Waals surface area contributed by atoms with E-state index in [1.54, 1.807) is 0 Å². The number of rotatable bonds is 2. The first-order valence-corrected chi connectivity index (χ1v) is 9.38. The van der Waals surface area contributed by atoms with Crippen LogP contribution in [0, 0.1) is 10.8 Å². The molecule has 136 valence electrons. The Bertz CT molecular complexity index is 655. The summed E-state index contributed by atoms with van der Waals surface area (Å²) in [5, 5.41) is 0.712. The van der Waals surface area contributed by atoms with E-state index in [0.29, 0.717) is 18.0 Å². The van der Waals surface area contributed by atoms with Crippen LogP contribution in [0.4, 0.5) is 0 Å². The van der Waals surface area contributed by atoms with Crippen LogP contribution in [0.25, 0.3) is 0 Å². The molecule has 0 unspecified atom stereocenters. The van der Waals surface area contributed by atoms with Gasteiger partial charge in [0.15, 0.2) is 0 Å². The zero-order valence-electron chi connectivity index (χ0n) is 15.3. The molecule has 2 heterocycles. The highest BCUT2D eigenvalue weighted by atomic mass is 35.5. The van der Waals surface area contributed by atoms with Gasteiger partial charge in [-0.3, -0.25) is 9.59 Å². The highest BCUT2D eigenvalue weighted by Gasteiger charge is 2.46. The lowest BCUT2D eigenvalue weighted by Gasteiger charge is -2.40. The van der Waals surface area contributed by atoms with Crippen molar-refractivity contribution >= 4 is 23.4 Å². The summed E-state index contributed by atoms with van der Waals surface area (Å²) in [5.41, 5.74) is 0.810. The molecule has 2 aliphatic rings. The second-order valence-corrected chi connectivity index (χ2v) is 9.03. The monoisotopic (exact) mass is 362 g/mol. The van der Waals surface area contributed by atoms with E-state index in [9.17, 15) is 9.59 Å². The average Bonchev–Trinajstić information content (AvgIpc) is 2.84. The highest BCUT2D eigenvalue weighted by molar-refractivity contribution is 6.30. The summed E-state index contributed by atoms with van der Waals surface area (Å²) in [4.78, 5) is 28.9. The lowest BCUT2D eigenvalue weighted by Crippen LogP contribution is -2.47.